The second kappa shape index (κ2) is 10.3. The van der Waals surface area contributed by atoms with Crippen molar-refractivity contribution < 1.29 is 54.7 Å². The summed E-state index contributed by atoms with van der Waals surface area (Å²) in [5.74, 6) is -3.44. The zero-order valence-electron chi connectivity index (χ0n) is 23.2. The summed E-state index contributed by atoms with van der Waals surface area (Å²) in [6.07, 6.45) is -5.13. The molecule has 12 nitrogen and oxygen atoms in total. The van der Waals surface area contributed by atoms with E-state index < -0.39 is 59.0 Å². The number of fused-ring (bicyclic) bond motifs is 4. The number of rotatable bonds is 3. The van der Waals surface area contributed by atoms with E-state index >= 15 is 0 Å². The van der Waals surface area contributed by atoms with Gasteiger partial charge in [0, 0.05) is 41.2 Å². The summed E-state index contributed by atoms with van der Waals surface area (Å²) in [5.41, 5.74) is 0.711. The number of aliphatic hydroxyl groups excluding tert-OH is 2. The summed E-state index contributed by atoms with van der Waals surface area (Å²) in [6, 6.07) is 14.7. The van der Waals surface area contributed by atoms with Gasteiger partial charge in [0.1, 0.15) is 40.8 Å². The van der Waals surface area contributed by atoms with Crippen LogP contribution in [0.25, 0.3) is 11.0 Å². The van der Waals surface area contributed by atoms with Crippen molar-refractivity contribution in [1.29, 1.82) is 0 Å². The maximum atomic E-state index is 12.0. The Labute approximate surface area is 253 Å². The van der Waals surface area contributed by atoms with Gasteiger partial charge in [0.2, 0.25) is 0 Å². The summed E-state index contributed by atoms with van der Waals surface area (Å²) < 4.78 is 17.9. The average Bonchev–Trinajstić information content (AvgIpc) is 3.00. The van der Waals surface area contributed by atoms with Gasteiger partial charge in [-0.25, -0.2) is 4.79 Å². The van der Waals surface area contributed by atoms with Crippen LogP contribution in [0.15, 0.2) is 75.9 Å². The molecule has 0 unspecified atom stereocenters. The number of benzene rings is 4. The molecule has 1 aromatic heterocycles. The first-order valence-electron chi connectivity index (χ1n) is 13.9. The molecule has 0 amide bonds. The van der Waals surface area contributed by atoms with Crippen molar-refractivity contribution in [2.75, 3.05) is 0 Å². The van der Waals surface area contributed by atoms with Crippen molar-refractivity contribution in [2.24, 2.45) is 0 Å². The fraction of sp³-hybridized carbons (Fsp3) is 0.182. The Bertz CT molecular complexity index is 2050. The summed E-state index contributed by atoms with van der Waals surface area (Å²) in [7, 11) is 0. The van der Waals surface area contributed by atoms with Crippen LogP contribution in [0.2, 0.25) is 0 Å². The predicted molar refractivity (Wildman–Crippen MR) is 156 cm³/mol. The highest BCUT2D eigenvalue weighted by molar-refractivity contribution is 5.86. The second-order valence-electron chi connectivity index (χ2n) is 11.1. The van der Waals surface area contributed by atoms with Gasteiger partial charge in [-0.05, 0) is 47.5 Å². The first-order valence-corrected chi connectivity index (χ1v) is 13.9. The third-order valence-electron chi connectivity index (χ3n) is 8.37. The van der Waals surface area contributed by atoms with Crippen LogP contribution in [0, 0.1) is 0 Å². The average molecular weight is 615 g/mol. The number of phenolic OH excluding ortho intramolecular Hbond substituents is 6. The van der Waals surface area contributed by atoms with E-state index in [4.69, 9.17) is 13.9 Å². The molecule has 0 aliphatic carbocycles. The first-order chi connectivity index (χ1) is 21.5. The SMILES string of the molecule is O=c1ccc2c3c(ccc2o1)[C@H](c1c(O)cc(O)c2c1O[C@H](c1ccc(O)c(O)c1)[C@H](O)C2)[C@@H](O)[C@@H](c1ccc(O)c(O)c1)O3. The Morgan fingerprint density at radius 3 is 1.93 bits per heavy atom. The topological polar surface area (TPSA) is 211 Å². The number of ether oxygens (including phenoxy) is 2. The molecule has 0 saturated heterocycles. The Kier molecular flexibility index (Phi) is 6.42. The van der Waals surface area contributed by atoms with E-state index in [-0.39, 0.29) is 51.7 Å². The van der Waals surface area contributed by atoms with Crippen LogP contribution in [0.1, 0.15) is 45.9 Å². The van der Waals surface area contributed by atoms with Gasteiger partial charge in [-0.15, -0.1) is 0 Å². The molecule has 3 heterocycles. The van der Waals surface area contributed by atoms with Gasteiger partial charge in [0.15, 0.2) is 29.1 Å². The van der Waals surface area contributed by atoms with Gasteiger partial charge in [0.25, 0.3) is 0 Å². The molecule has 0 radical (unpaired) electrons. The summed E-state index contributed by atoms with van der Waals surface area (Å²) in [6.45, 7) is 0. The Morgan fingerprint density at radius 1 is 0.622 bits per heavy atom. The quantitative estimate of drug-likeness (QED) is 0.108. The summed E-state index contributed by atoms with van der Waals surface area (Å²) >= 11 is 0. The number of hydrogen-bond donors (Lipinski definition) is 8. The Morgan fingerprint density at radius 2 is 1.27 bits per heavy atom. The van der Waals surface area contributed by atoms with Gasteiger partial charge in [-0.3, -0.25) is 0 Å². The highest BCUT2D eigenvalue weighted by Crippen LogP contribution is 2.56. The molecular formula is C33H26O12. The smallest absolute Gasteiger partial charge is 0.336 e. The lowest BCUT2D eigenvalue weighted by molar-refractivity contribution is 0.00275. The van der Waals surface area contributed by atoms with Crippen LogP contribution in [-0.4, -0.2) is 53.1 Å². The minimum Gasteiger partial charge on any atom is -0.507 e. The fourth-order valence-corrected chi connectivity index (χ4v) is 6.23. The van der Waals surface area contributed by atoms with E-state index in [0.29, 0.717) is 16.5 Å². The van der Waals surface area contributed by atoms with Crippen LogP contribution in [0.5, 0.6) is 46.0 Å². The van der Waals surface area contributed by atoms with Crippen LogP contribution in [0.4, 0.5) is 0 Å². The molecule has 230 valence electrons. The monoisotopic (exact) mass is 614 g/mol. The maximum absolute atomic E-state index is 12.0. The van der Waals surface area contributed by atoms with Gasteiger partial charge in [-0.2, -0.15) is 0 Å². The van der Waals surface area contributed by atoms with Gasteiger partial charge >= 0.3 is 5.63 Å². The van der Waals surface area contributed by atoms with Crippen LogP contribution in [-0.2, 0) is 6.42 Å². The first kappa shape index (κ1) is 28.2. The minimum atomic E-state index is -1.47. The second-order valence-corrected chi connectivity index (χ2v) is 11.1. The molecule has 8 N–H and O–H groups in total. The molecule has 7 rings (SSSR count). The van der Waals surface area contributed by atoms with Gasteiger partial charge in [-0.1, -0.05) is 18.2 Å². The molecule has 0 saturated carbocycles. The zero-order valence-corrected chi connectivity index (χ0v) is 23.2. The zero-order chi connectivity index (χ0) is 31.7. The summed E-state index contributed by atoms with van der Waals surface area (Å²) in [5, 5.41) is 85.6. The standard InChI is InChI=1S/C33H26O12/c34-18-5-1-13(9-21(18)37)30-24(40)11-17-20(36)12-23(39)28(33(17)44-30)27-16-3-7-25-15(4-8-26(41)43-25)32(16)45-31(29(27)42)14-2-6-19(35)22(38)10-14/h1-10,12,24,27,29-31,34-40,42H,11H2/t24-,27-,29-,30-,31-/m1/s1. The van der Waals surface area contributed by atoms with Crippen molar-refractivity contribution in [2.45, 2.75) is 36.8 Å². The Hall–Kier alpha value is -5.59. The van der Waals surface area contributed by atoms with Gasteiger partial charge < -0.3 is 54.7 Å². The number of phenols is 6. The highest BCUT2D eigenvalue weighted by atomic mass is 16.5. The van der Waals surface area contributed by atoms with E-state index in [1.54, 1.807) is 6.07 Å². The largest absolute Gasteiger partial charge is 0.507 e. The highest BCUT2D eigenvalue weighted by Gasteiger charge is 2.45. The molecule has 5 atom stereocenters. The Balaban J connectivity index is 1.45. The van der Waals surface area contributed by atoms with Crippen molar-refractivity contribution in [1.82, 2.24) is 0 Å². The summed E-state index contributed by atoms with van der Waals surface area (Å²) in [4.78, 5) is 12.0. The molecule has 2 aliphatic rings. The molecule has 0 spiro atoms. The van der Waals surface area contributed by atoms with E-state index in [1.165, 1.54) is 54.6 Å². The van der Waals surface area contributed by atoms with Crippen LogP contribution >= 0.6 is 0 Å². The number of aromatic hydroxyl groups is 6. The number of aliphatic hydroxyl groups is 2. The van der Waals surface area contributed by atoms with Crippen molar-refractivity contribution in [3.05, 3.63) is 105 Å². The van der Waals surface area contributed by atoms with E-state index in [1.807, 2.05) is 0 Å². The fourth-order valence-electron chi connectivity index (χ4n) is 6.23. The predicted octanol–water partition coefficient (Wildman–Crippen LogP) is 3.69. The van der Waals surface area contributed by atoms with Crippen molar-refractivity contribution in [3.63, 3.8) is 0 Å². The van der Waals surface area contributed by atoms with Crippen molar-refractivity contribution in [3.8, 4) is 46.0 Å². The minimum absolute atomic E-state index is 0.0285. The molecule has 4 aromatic carbocycles. The number of hydrogen-bond acceptors (Lipinski definition) is 12. The molecule has 2 aliphatic heterocycles. The normalized spacial score (nSPS) is 22.2. The van der Waals surface area contributed by atoms with E-state index in [2.05, 4.69) is 0 Å². The van der Waals surface area contributed by atoms with Crippen molar-refractivity contribution >= 4 is 11.0 Å². The lowest BCUT2D eigenvalue weighted by atomic mass is 9.77. The molecular weight excluding hydrogens is 588 g/mol. The maximum Gasteiger partial charge on any atom is 0.336 e. The lowest BCUT2D eigenvalue weighted by Gasteiger charge is -2.40. The molecule has 0 fully saturated rings. The third-order valence-corrected chi connectivity index (χ3v) is 8.37. The van der Waals surface area contributed by atoms with E-state index in [9.17, 15) is 45.6 Å². The van der Waals surface area contributed by atoms with E-state index in [0.717, 1.165) is 6.07 Å². The van der Waals surface area contributed by atoms with Gasteiger partial charge in [0.05, 0.1) is 11.5 Å². The molecule has 12 heteroatoms. The molecule has 0 bridgehead atoms. The third kappa shape index (κ3) is 4.50. The molecule has 45 heavy (non-hydrogen) atoms. The van der Waals surface area contributed by atoms with Crippen LogP contribution in [0.3, 0.4) is 0 Å². The molecule has 5 aromatic rings. The van der Waals surface area contributed by atoms with Crippen LogP contribution < -0.4 is 15.1 Å². The lowest BCUT2D eigenvalue weighted by Crippen LogP contribution is -2.37.